The maximum atomic E-state index is 13.8. The van der Waals surface area contributed by atoms with Gasteiger partial charge in [-0.25, -0.2) is 13.6 Å². The Bertz CT molecular complexity index is 518. The third-order valence-corrected chi connectivity index (χ3v) is 3.21. The summed E-state index contributed by atoms with van der Waals surface area (Å²) < 4.78 is 37.1. The van der Waals surface area contributed by atoms with E-state index in [0.717, 1.165) is 13.2 Å². The van der Waals surface area contributed by atoms with E-state index in [1.165, 1.54) is 0 Å². The number of carbonyl (C=O) groups is 1. The van der Waals surface area contributed by atoms with E-state index in [-0.39, 0.29) is 22.9 Å². The van der Waals surface area contributed by atoms with Crippen molar-refractivity contribution in [1.82, 2.24) is 0 Å². The zero-order chi connectivity index (χ0) is 16.2. The smallest absolute Gasteiger partial charge is 0.340 e. The van der Waals surface area contributed by atoms with Crippen molar-refractivity contribution in [2.75, 3.05) is 19.5 Å². The van der Waals surface area contributed by atoms with Gasteiger partial charge in [-0.1, -0.05) is 0 Å². The molecule has 1 atom stereocenters. The first-order valence-electron chi connectivity index (χ1n) is 6.59. The zero-order valence-corrected chi connectivity index (χ0v) is 12.9. The predicted molar refractivity (Wildman–Crippen MR) is 76.5 cm³/mol. The normalized spacial score (nSPS) is 12.9. The fraction of sp³-hybridized carbons (Fsp3) is 0.533. The standard InChI is InChI=1S/C15H21F2NO3/c1-9(8-15(2,3)21-5)18-13-6-10(14(19)20-4)11(16)7-12(13)17/h6-7,9,18H,8H2,1-5H3. The van der Waals surface area contributed by atoms with Gasteiger partial charge < -0.3 is 14.8 Å². The van der Waals surface area contributed by atoms with Crippen LogP contribution >= 0.6 is 0 Å². The van der Waals surface area contributed by atoms with Crippen molar-refractivity contribution < 1.29 is 23.0 Å². The molecule has 21 heavy (non-hydrogen) atoms. The average molecular weight is 301 g/mol. The van der Waals surface area contributed by atoms with Gasteiger partial charge in [-0.3, -0.25) is 0 Å². The SMILES string of the molecule is COC(=O)c1cc(NC(C)CC(C)(C)OC)c(F)cc1F. The second-order valence-electron chi connectivity index (χ2n) is 5.52. The minimum absolute atomic E-state index is 0.0520. The Hall–Kier alpha value is -1.69. The highest BCUT2D eigenvalue weighted by atomic mass is 19.1. The molecule has 1 N–H and O–H groups in total. The molecule has 0 aliphatic carbocycles. The molecule has 1 unspecified atom stereocenters. The lowest BCUT2D eigenvalue weighted by Crippen LogP contribution is -2.31. The number of hydrogen-bond donors (Lipinski definition) is 1. The molecule has 4 nitrogen and oxygen atoms in total. The van der Waals surface area contributed by atoms with Gasteiger partial charge in [0.2, 0.25) is 0 Å². The van der Waals surface area contributed by atoms with Gasteiger partial charge in [0.1, 0.15) is 11.6 Å². The highest BCUT2D eigenvalue weighted by Gasteiger charge is 2.22. The molecule has 0 aliphatic heterocycles. The van der Waals surface area contributed by atoms with Gasteiger partial charge in [-0.15, -0.1) is 0 Å². The van der Waals surface area contributed by atoms with Crippen molar-refractivity contribution >= 4 is 11.7 Å². The molecular formula is C15H21F2NO3. The molecule has 118 valence electrons. The highest BCUT2D eigenvalue weighted by molar-refractivity contribution is 5.90. The van der Waals surface area contributed by atoms with E-state index in [1.807, 2.05) is 20.8 Å². The van der Waals surface area contributed by atoms with E-state index in [2.05, 4.69) is 10.1 Å². The molecule has 0 fully saturated rings. The number of carbonyl (C=O) groups excluding carboxylic acids is 1. The summed E-state index contributed by atoms with van der Waals surface area (Å²) in [5, 5.41) is 2.92. The van der Waals surface area contributed by atoms with Crippen LogP contribution in [0.5, 0.6) is 0 Å². The molecule has 6 heteroatoms. The fourth-order valence-corrected chi connectivity index (χ4v) is 2.06. The number of esters is 1. The van der Waals surface area contributed by atoms with Crippen molar-refractivity contribution in [2.24, 2.45) is 0 Å². The summed E-state index contributed by atoms with van der Waals surface area (Å²) in [7, 11) is 2.74. The second kappa shape index (κ2) is 6.85. The average Bonchev–Trinajstić information content (AvgIpc) is 2.40. The highest BCUT2D eigenvalue weighted by Crippen LogP contribution is 2.23. The molecule has 0 heterocycles. The summed E-state index contributed by atoms with van der Waals surface area (Å²) in [5.41, 5.74) is -0.635. The Morgan fingerprint density at radius 1 is 1.29 bits per heavy atom. The largest absolute Gasteiger partial charge is 0.465 e. The van der Waals surface area contributed by atoms with Gasteiger partial charge >= 0.3 is 5.97 Å². The summed E-state index contributed by atoms with van der Waals surface area (Å²) in [6.07, 6.45) is 0.605. The third kappa shape index (κ3) is 4.67. The lowest BCUT2D eigenvalue weighted by molar-refractivity contribution is 0.0127. The molecule has 0 amide bonds. The summed E-state index contributed by atoms with van der Waals surface area (Å²) in [4.78, 5) is 11.4. The number of anilines is 1. The van der Waals surface area contributed by atoms with Crippen LogP contribution in [0.15, 0.2) is 12.1 Å². The van der Waals surface area contributed by atoms with E-state index in [4.69, 9.17) is 4.74 Å². The van der Waals surface area contributed by atoms with Crippen LogP contribution < -0.4 is 5.32 Å². The molecule has 0 aromatic heterocycles. The molecule has 0 saturated carbocycles. The summed E-state index contributed by atoms with van der Waals surface area (Å²) >= 11 is 0. The van der Waals surface area contributed by atoms with Crippen LogP contribution in [0.3, 0.4) is 0 Å². The Balaban J connectivity index is 2.95. The van der Waals surface area contributed by atoms with Crippen LogP contribution in [-0.2, 0) is 9.47 Å². The lowest BCUT2D eigenvalue weighted by atomic mass is 9.99. The molecule has 0 radical (unpaired) electrons. The zero-order valence-electron chi connectivity index (χ0n) is 12.9. The van der Waals surface area contributed by atoms with Crippen LogP contribution in [0, 0.1) is 11.6 Å². The van der Waals surface area contributed by atoms with Crippen molar-refractivity contribution in [3.8, 4) is 0 Å². The minimum atomic E-state index is -0.949. The van der Waals surface area contributed by atoms with Crippen molar-refractivity contribution in [3.05, 3.63) is 29.3 Å². The number of halogens is 2. The first-order chi connectivity index (χ1) is 9.70. The number of ether oxygens (including phenoxy) is 2. The van der Waals surface area contributed by atoms with Gasteiger partial charge in [0.05, 0.1) is 24.0 Å². The molecule has 0 bridgehead atoms. The predicted octanol–water partition coefficient (Wildman–Crippen LogP) is 3.37. The van der Waals surface area contributed by atoms with E-state index >= 15 is 0 Å². The lowest BCUT2D eigenvalue weighted by Gasteiger charge is -2.27. The fourth-order valence-electron chi connectivity index (χ4n) is 2.06. The summed E-state index contributed by atoms with van der Waals surface area (Å²) in [6, 6.07) is 1.65. The van der Waals surface area contributed by atoms with Crippen LogP contribution in [0.25, 0.3) is 0 Å². The van der Waals surface area contributed by atoms with Crippen LogP contribution in [0.4, 0.5) is 14.5 Å². The Morgan fingerprint density at radius 3 is 2.43 bits per heavy atom. The quantitative estimate of drug-likeness (QED) is 0.818. The topological polar surface area (TPSA) is 47.6 Å². The second-order valence-corrected chi connectivity index (χ2v) is 5.52. The Kier molecular flexibility index (Phi) is 5.66. The van der Waals surface area contributed by atoms with Crippen molar-refractivity contribution in [2.45, 2.75) is 38.8 Å². The maximum Gasteiger partial charge on any atom is 0.340 e. The number of nitrogens with one attached hydrogen (secondary N) is 1. The van der Waals surface area contributed by atoms with Crippen molar-refractivity contribution in [3.63, 3.8) is 0 Å². The molecule has 0 spiro atoms. The maximum absolute atomic E-state index is 13.8. The molecule has 0 saturated heterocycles. The van der Waals surface area contributed by atoms with Crippen LogP contribution in [-0.4, -0.2) is 31.8 Å². The number of methoxy groups -OCH3 is 2. The number of hydrogen-bond acceptors (Lipinski definition) is 4. The van der Waals surface area contributed by atoms with E-state index in [9.17, 15) is 13.6 Å². The Labute approximate surface area is 123 Å². The monoisotopic (exact) mass is 301 g/mol. The summed E-state index contributed by atoms with van der Waals surface area (Å²) in [6.45, 7) is 5.67. The Morgan fingerprint density at radius 2 is 1.90 bits per heavy atom. The molecule has 0 aliphatic rings. The van der Waals surface area contributed by atoms with Gasteiger partial charge in [0, 0.05) is 19.2 Å². The van der Waals surface area contributed by atoms with Gasteiger partial charge in [-0.05, 0) is 33.3 Å². The minimum Gasteiger partial charge on any atom is -0.465 e. The summed E-state index contributed by atoms with van der Waals surface area (Å²) in [5.74, 6) is -2.56. The van der Waals surface area contributed by atoms with Gasteiger partial charge in [0.15, 0.2) is 0 Å². The number of benzene rings is 1. The van der Waals surface area contributed by atoms with Crippen LogP contribution in [0.1, 0.15) is 37.6 Å². The van der Waals surface area contributed by atoms with E-state index in [0.29, 0.717) is 12.5 Å². The molecule has 1 aromatic rings. The first kappa shape index (κ1) is 17.4. The van der Waals surface area contributed by atoms with Crippen molar-refractivity contribution in [1.29, 1.82) is 0 Å². The molecular weight excluding hydrogens is 280 g/mol. The molecule has 1 aromatic carbocycles. The molecule has 1 rings (SSSR count). The number of rotatable bonds is 6. The van der Waals surface area contributed by atoms with Gasteiger partial charge in [0.25, 0.3) is 0 Å². The van der Waals surface area contributed by atoms with Gasteiger partial charge in [-0.2, -0.15) is 0 Å². The van der Waals surface area contributed by atoms with E-state index in [1.54, 1.807) is 7.11 Å². The third-order valence-electron chi connectivity index (χ3n) is 3.21. The van der Waals surface area contributed by atoms with E-state index < -0.39 is 17.6 Å². The first-order valence-corrected chi connectivity index (χ1v) is 6.59. The van der Waals surface area contributed by atoms with Crippen LogP contribution in [0.2, 0.25) is 0 Å².